The molecule has 0 spiro atoms. The molecule has 21 heavy (non-hydrogen) atoms. The number of para-hydroxylation sites is 1. The molecule has 2 aromatic heterocycles. The molecule has 1 aromatic carbocycles. The third-order valence-electron chi connectivity index (χ3n) is 3.35. The fraction of sp³-hybridized carbons (Fsp3) is 0.188. The van der Waals surface area contributed by atoms with Crippen LogP contribution in [-0.2, 0) is 12.8 Å². The van der Waals surface area contributed by atoms with Crippen LogP contribution in [0, 0.1) is 0 Å². The highest BCUT2D eigenvalue weighted by Gasteiger charge is 2.19. The van der Waals surface area contributed by atoms with E-state index in [0.29, 0.717) is 12.3 Å². The van der Waals surface area contributed by atoms with Crippen LogP contribution in [0.3, 0.4) is 0 Å². The minimum absolute atomic E-state index is 0.300. The van der Waals surface area contributed by atoms with E-state index in [4.69, 9.17) is 19.4 Å². The van der Waals surface area contributed by atoms with Crippen LogP contribution in [-0.4, -0.2) is 12.3 Å². The van der Waals surface area contributed by atoms with Gasteiger partial charge in [0.25, 0.3) is 0 Å². The van der Waals surface area contributed by atoms with Crippen molar-refractivity contribution in [3.8, 4) is 16.9 Å². The predicted octanol–water partition coefficient (Wildman–Crippen LogP) is 3.31. The first kappa shape index (κ1) is 13.3. The van der Waals surface area contributed by atoms with Gasteiger partial charge in [0.1, 0.15) is 11.5 Å². The number of methoxy groups -OCH3 is 1. The van der Waals surface area contributed by atoms with Gasteiger partial charge in [-0.3, -0.25) is 0 Å². The summed E-state index contributed by atoms with van der Waals surface area (Å²) in [6.07, 6.45) is 3.08. The summed E-state index contributed by atoms with van der Waals surface area (Å²) in [5.41, 5.74) is 8.41. The summed E-state index contributed by atoms with van der Waals surface area (Å²) in [7, 11) is 1.63. The molecule has 0 atom stereocenters. The summed E-state index contributed by atoms with van der Waals surface area (Å²) < 4.78 is 15.9. The van der Waals surface area contributed by atoms with E-state index in [1.165, 1.54) is 0 Å². The molecule has 0 saturated heterocycles. The number of hydrogen-bond donors (Lipinski definition) is 1. The maximum absolute atomic E-state index is 5.94. The number of aryl methyl sites for hydroxylation is 2. The first-order valence-corrected chi connectivity index (χ1v) is 6.69. The number of rotatable bonds is 5. The number of nitrogen functional groups attached to an aromatic ring is 1. The van der Waals surface area contributed by atoms with Crippen LogP contribution in [0.2, 0.25) is 0 Å². The minimum Gasteiger partial charge on any atom is -0.496 e. The van der Waals surface area contributed by atoms with Gasteiger partial charge >= 0.3 is 0 Å². The van der Waals surface area contributed by atoms with Crippen molar-refractivity contribution >= 4 is 5.88 Å². The quantitative estimate of drug-likeness (QED) is 0.778. The van der Waals surface area contributed by atoms with Gasteiger partial charge in [0.2, 0.25) is 5.88 Å². The molecule has 3 aromatic rings. The molecule has 5 heteroatoms. The molecule has 2 heterocycles. The molecule has 5 nitrogen and oxygen atoms in total. The Balaban J connectivity index is 1.93. The normalized spacial score (nSPS) is 10.7. The molecule has 0 bridgehead atoms. The molecule has 0 aliphatic carbocycles. The zero-order valence-electron chi connectivity index (χ0n) is 11.7. The third-order valence-corrected chi connectivity index (χ3v) is 3.35. The number of nitrogens with two attached hydrogens (primary N) is 1. The van der Waals surface area contributed by atoms with Crippen molar-refractivity contribution in [3.63, 3.8) is 0 Å². The Morgan fingerprint density at radius 2 is 2.00 bits per heavy atom. The maximum Gasteiger partial charge on any atom is 0.230 e. The largest absolute Gasteiger partial charge is 0.496 e. The molecular formula is C16H16N2O3. The minimum atomic E-state index is 0.300. The van der Waals surface area contributed by atoms with E-state index in [0.717, 1.165) is 34.8 Å². The number of furan rings is 1. The molecule has 0 unspecified atom stereocenters. The summed E-state index contributed by atoms with van der Waals surface area (Å²) in [4.78, 5) is 0. The zero-order valence-corrected chi connectivity index (χ0v) is 11.7. The molecule has 0 saturated carbocycles. The average molecular weight is 284 g/mol. The molecule has 0 amide bonds. The summed E-state index contributed by atoms with van der Waals surface area (Å²) in [5, 5.41) is 4.07. The van der Waals surface area contributed by atoms with Crippen molar-refractivity contribution in [1.82, 2.24) is 5.16 Å². The van der Waals surface area contributed by atoms with E-state index in [-0.39, 0.29) is 0 Å². The van der Waals surface area contributed by atoms with E-state index < -0.39 is 0 Å². The second-order valence-electron chi connectivity index (χ2n) is 4.65. The Kier molecular flexibility index (Phi) is 3.64. The Morgan fingerprint density at radius 1 is 1.14 bits per heavy atom. The molecule has 0 aliphatic rings. The fourth-order valence-corrected chi connectivity index (χ4v) is 2.34. The van der Waals surface area contributed by atoms with Crippen LogP contribution in [0.25, 0.3) is 11.1 Å². The van der Waals surface area contributed by atoms with Crippen molar-refractivity contribution in [1.29, 1.82) is 0 Å². The van der Waals surface area contributed by atoms with Crippen LogP contribution in [0.15, 0.2) is 51.6 Å². The van der Waals surface area contributed by atoms with Gasteiger partial charge < -0.3 is 19.4 Å². The van der Waals surface area contributed by atoms with Crippen LogP contribution in [0.5, 0.6) is 5.75 Å². The highest BCUT2D eigenvalue weighted by Crippen LogP contribution is 2.36. The summed E-state index contributed by atoms with van der Waals surface area (Å²) in [5.74, 6) is 1.95. The lowest BCUT2D eigenvalue weighted by molar-refractivity contribution is 0.416. The van der Waals surface area contributed by atoms with Gasteiger partial charge in [0.15, 0.2) is 0 Å². The molecule has 0 aliphatic heterocycles. The highest BCUT2D eigenvalue weighted by molar-refractivity contribution is 5.79. The number of nitrogens with zero attached hydrogens (tertiary/aromatic N) is 1. The zero-order chi connectivity index (χ0) is 14.7. The highest BCUT2D eigenvalue weighted by atomic mass is 16.5. The maximum atomic E-state index is 5.94. The number of aromatic nitrogens is 1. The second kappa shape index (κ2) is 5.75. The van der Waals surface area contributed by atoms with Gasteiger partial charge in [0, 0.05) is 18.4 Å². The molecular weight excluding hydrogens is 268 g/mol. The van der Waals surface area contributed by atoms with E-state index >= 15 is 0 Å². The lowest BCUT2D eigenvalue weighted by atomic mass is 10.0. The summed E-state index contributed by atoms with van der Waals surface area (Å²) >= 11 is 0. The van der Waals surface area contributed by atoms with Crippen molar-refractivity contribution in [2.24, 2.45) is 0 Å². The smallest absolute Gasteiger partial charge is 0.230 e. The Hall–Kier alpha value is -2.69. The van der Waals surface area contributed by atoms with Gasteiger partial charge in [-0.25, -0.2) is 0 Å². The molecule has 2 N–H and O–H groups in total. The number of benzene rings is 1. The monoisotopic (exact) mass is 284 g/mol. The number of anilines is 1. The summed E-state index contributed by atoms with van der Waals surface area (Å²) in [6, 6.07) is 11.5. The molecule has 108 valence electrons. The first-order chi connectivity index (χ1) is 10.3. The Morgan fingerprint density at radius 3 is 2.76 bits per heavy atom. The average Bonchev–Trinajstić information content (AvgIpc) is 3.14. The van der Waals surface area contributed by atoms with Gasteiger partial charge in [-0.1, -0.05) is 23.4 Å². The van der Waals surface area contributed by atoms with E-state index in [1.54, 1.807) is 13.4 Å². The molecule has 3 rings (SSSR count). The van der Waals surface area contributed by atoms with E-state index in [9.17, 15) is 0 Å². The predicted molar refractivity (Wildman–Crippen MR) is 79.0 cm³/mol. The standard InChI is InChI=1S/C16H16N2O3/c1-19-14-7-3-2-6-12(14)15-13(18-21-16(15)17)9-8-11-5-4-10-20-11/h2-7,10H,8-9,17H2,1H3. The Labute approximate surface area is 122 Å². The lowest BCUT2D eigenvalue weighted by Gasteiger charge is -2.08. The van der Waals surface area contributed by atoms with Crippen molar-refractivity contribution in [2.45, 2.75) is 12.8 Å². The van der Waals surface area contributed by atoms with Crippen molar-refractivity contribution < 1.29 is 13.7 Å². The van der Waals surface area contributed by atoms with Crippen molar-refractivity contribution in [2.75, 3.05) is 12.8 Å². The van der Waals surface area contributed by atoms with Gasteiger partial charge in [-0.15, -0.1) is 0 Å². The fourth-order valence-electron chi connectivity index (χ4n) is 2.34. The van der Waals surface area contributed by atoms with E-state index in [1.807, 2.05) is 36.4 Å². The van der Waals surface area contributed by atoms with Crippen LogP contribution in [0.4, 0.5) is 5.88 Å². The van der Waals surface area contributed by atoms with Gasteiger partial charge in [-0.2, -0.15) is 0 Å². The number of hydrogen-bond acceptors (Lipinski definition) is 5. The third kappa shape index (κ3) is 2.63. The van der Waals surface area contributed by atoms with Gasteiger partial charge in [-0.05, 0) is 18.2 Å². The first-order valence-electron chi connectivity index (χ1n) is 6.69. The van der Waals surface area contributed by atoms with Crippen LogP contribution >= 0.6 is 0 Å². The number of ether oxygens (including phenoxy) is 1. The van der Waals surface area contributed by atoms with Crippen LogP contribution in [0.1, 0.15) is 11.5 Å². The summed E-state index contributed by atoms with van der Waals surface area (Å²) in [6.45, 7) is 0. The molecule has 0 radical (unpaired) electrons. The lowest BCUT2D eigenvalue weighted by Crippen LogP contribution is -1.96. The molecule has 0 fully saturated rings. The van der Waals surface area contributed by atoms with E-state index in [2.05, 4.69) is 5.16 Å². The SMILES string of the molecule is COc1ccccc1-c1c(CCc2ccco2)noc1N. The van der Waals surface area contributed by atoms with Gasteiger partial charge in [0.05, 0.1) is 24.6 Å². The topological polar surface area (TPSA) is 74.4 Å². The van der Waals surface area contributed by atoms with Crippen molar-refractivity contribution in [3.05, 3.63) is 54.1 Å². The Bertz CT molecular complexity index is 717. The van der Waals surface area contributed by atoms with Crippen LogP contribution < -0.4 is 10.5 Å². The second-order valence-corrected chi connectivity index (χ2v) is 4.65.